The van der Waals surface area contributed by atoms with E-state index in [1.54, 1.807) is 6.07 Å². The average molecular weight is 436 g/mol. The molecule has 0 aromatic heterocycles. The number of amides is 3. The van der Waals surface area contributed by atoms with Gasteiger partial charge in [-0.15, -0.1) is 0 Å². The van der Waals surface area contributed by atoms with Gasteiger partial charge < -0.3 is 15.5 Å². The van der Waals surface area contributed by atoms with Gasteiger partial charge in [0, 0.05) is 30.3 Å². The lowest BCUT2D eigenvalue weighted by Crippen LogP contribution is -2.55. The molecule has 0 bridgehead atoms. The third-order valence-electron chi connectivity index (χ3n) is 6.17. The molecule has 1 heterocycles. The lowest BCUT2D eigenvalue weighted by Gasteiger charge is -2.36. The SMILES string of the molecule is CC[C@@H](C)NC(=O)[C@H](NC(=O)c1cccc(C)c1)C1CCN(C(=O)c2ccccc2)CC1. The summed E-state index contributed by atoms with van der Waals surface area (Å²) >= 11 is 0. The Morgan fingerprint density at radius 3 is 2.25 bits per heavy atom. The number of hydrogen-bond donors (Lipinski definition) is 2. The van der Waals surface area contributed by atoms with E-state index >= 15 is 0 Å². The number of nitrogens with one attached hydrogen (secondary N) is 2. The van der Waals surface area contributed by atoms with E-state index in [2.05, 4.69) is 10.6 Å². The monoisotopic (exact) mass is 435 g/mol. The zero-order chi connectivity index (χ0) is 23.1. The highest BCUT2D eigenvalue weighted by molar-refractivity contribution is 5.98. The van der Waals surface area contributed by atoms with Crippen LogP contribution in [0.1, 0.15) is 59.4 Å². The van der Waals surface area contributed by atoms with Gasteiger partial charge >= 0.3 is 0 Å². The van der Waals surface area contributed by atoms with Crippen LogP contribution in [0.2, 0.25) is 0 Å². The summed E-state index contributed by atoms with van der Waals surface area (Å²) in [6.07, 6.45) is 2.13. The van der Waals surface area contributed by atoms with Gasteiger partial charge in [-0.05, 0) is 63.3 Å². The predicted octanol–water partition coefficient (Wildman–Crippen LogP) is 3.56. The topological polar surface area (TPSA) is 78.5 Å². The number of piperidine rings is 1. The number of carbonyl (C=O) groups excluding carboxylic acids is 3. The Balaban J connectivity index is 1.70. The van der Waals surface area contributed by atoms with Gasteiger partial charge in [0.1, 0.15) is 6.04 Å². The summed E-state index contributed by atoms with van der Waals surface area (Å²) < 4.78 is 0. The molecule has 2 aromatic carbocycles. The first-order valence-electron chi connectivity index (χ1n) is 11.4. The van der Waals surface area contributed by atoms with Crippen molar-refractivity contribution in [3.8, 4) is 0 Å². The van der Waals surface area contributed by atoms with Crippen LogP contribution in [0.25, 0.3) is 0 Å². The van der Waals surface area contributed by atoms with Crippen LogP contribution < -0.4 is 10.6 Å². The number of hydrogen-bond acceptors (Lipinski definition) is 3. The smallest absolute Gasteiger partial charge is 0.253 e. The van der Waals surface area contributed by atoms with Crippen LogP contribution in [0, 0.1) is 12.8 Å². The highest BCUT2D eigenvalue weighted by Gasteiger charge is 2.34. The maximum atomic E-state index is 13.1. The van der Waals surface area contributed by atoms with Crippen molar-refractivity contribution < 1.29 is 14.4 Å². The Kier molecular flexibility index (Phi) is 8.03. The summed E-state index contributed by atoms with van der Waals surface area (Å²) in [6.45, 7) is 7.03. The van der Waals surface area contributed by atoms with E-state index < -0.39 is 6.04 Å². The summed E-state index contributed by atoms with van der Waals surface area (Å²) in [5.74, 6) is -0.435. The molecule has 32 heavy (non-hydrogen) atoms. The molecule has 2 aromatic rings. The van der Waals surface area contributed by atoms with E-state index in [-0.39, 0.29) is 29.7 Å². The van der Waals surface area contributed by atoms with Gasteiger partial charge in [0.05, 0.1) is 0 Å². The van der Waals surface area contributed by atoms with Crippen LogP contribution in [0.3, 0.4) is 0 Å². The molecule has 0 saturated carbocycles. The molecule has 6 heteroatoms. The Morgan fingerprint density at radius 2 is 1.62 bits per heavy atom. The lowest BCUT2D eigenvalue weighted by atomic mass is 9.88. The van der Waals surface area contributed by atoms with Crippen LogP contribution in [-0.4, -0.2) is 47.8 Å². The third-order valence-corrected chi connectivity index (χ3v) is 6.17. The van der Waals surface area contributed by atoms with Crippen LogP contribution in [-0.2, 0) is 4.79 Å². The summed E-state index contributed by atoms with van der Waals surface area (Å²) in [5, 5.41) is 6.00. The van der Waals surface area contributed by atoms with Gasteiger partial charge in [-0.2, -0.15) is 0 Å². The first-order chi connectivity index (χ1) is 15.4. The molecule has 1 aliphatic rings. The van der Waals surface area contributed by atoms with Crippen molar-refractivity contribution in [1.82, 2.24) is 15.5 Å². The third kappa shape index (κ3) is 5.96. The number of rotatable bonds is 7. The van der Waals surface area contributed by atoms with Crippen molar-refractivity contribution in [3.63, 3.8) is 0 Å². The molecule has 0 unspecified atom stereocenters. The van der Waals surface area contributed by atoms with Gasteiger partial charge in [-0.3, -0.25) is 14.4 Å². The van der Waals surface area contributed by atoms with Crippen LogP contribution in [0.15, 0.2) is 54.6 Å². The number of benzene rings is 2. The first kappa shape index (κ1) is 23.5. The van der Waals surface area contributed by atoms with Gasteiger partial charge in [-0.1, -0.05) is 42.8 Å². The second kappa shape index (κ2) is 10.9. The van der Waals surface area contributed by atoms with Gasteiger partial charge in [0.15, 0.2) is 0 Å². The molecule has 1 fully saturated rings. The molecule has 3 rings (SSSR count). The van der Waals surface area contributed by atoms with E-state index in [9.17, 15) is 14.4 Å². The summed E-state index contributed by atoms with van der Waals surface area (Å²) in [6, 6.07) is 16.0. The van der Waals surface area contributed by atoms with Gasteiger partial charge in [0.2, 0.25) is 5.91 Å². The van der Waals surface area contributed by atoms with Crippen LogP contribution in [0.5, 0.6) is 0 Å². The van der Waals surface area contributed by atoms with E-state index in [1.807, 2.05) is 74.2 Å². The maximum Gasteiger partial charge on any atom is 0.253 e. The predicted molar refractivity (Wildman–Crippen MR) is 125 cm³/mol. The zero-order valence-electron chi connectivity index (χ0n) is 19.1. The van der Waals surface area contributed by atoms with Gasteiger partial charge in [-0.25, -0.2) is 0 Å². The minimum absolute atomic E-state index is 0.00783. The first-order valence-corrected chi connectivity index (χ1v) is 11.4. The van der Waals surface area contributed by atoms with E-state index in [0.29, 0.717) is 37.1 Å². The van der Waals surface area contributed by atoms with Crippen molar-refractivity contribution in [2.24, 2.45) is 5.92 Å². The molecule has 1 saturated heterocycles. The number of likely N-dealkylation sites (tertiary alicyclic amines) is 1. The minimum Gasteiger partial charge on any atom is -0.352 e. The second-order valence-corrected chi connectivity index (χ2v) is 8.63. The molecular formula is C26H33N3O3. The highest BCUT2D eigenvalue weighted by atomic mass is 16.2. The molecule has 2 N–H and O–H groups in total. The largest absolute Gasteiger partial charge is 0.352 e. The molecule has 0 spiro atoms. The zero-order valence-corrected chi connectivity index (χ0v) is 19.1. The van der Waals surface area contributed by atoms with Gasteiger partial charge in [0.25, 0.3) is 11.8 Å². The Labute approximate surface area is 190 Å². The highest BCUT2D eigenvalue weighted by Crippen LogP contribution is 2.23. The molecule has 0 radical (unpaired) electrons. The van der Waals surface area contributed by atoms with Crippen molar-refractivity contribution in [2.75, 3.05) is 13.1 Å². The molecule has 1 aliphatic heterocycles. The van der Waals surface area contributed by atoms with E-state index in [0.717, 1.165) is 12.0 Å². The van der Waals surface area contributed by atoms with E-state index in [4.69, 9.17) is 0 Å². The average Bonchev–Trinajstić information content (AvgIpc) is 2.82. The number of nitrogens with zero attached hydrogens (tertiary/aromatic N) is 1. The molecule has 2 atom stereocenters. The molecule has 6 nitrogen and oxygen atoms in total. The van der Waals surface area contributed by atoms with Crippen molar-refractivity contribution in [2.45, 2.75) is 52.1 Å². The maximum absolute atomic E-state index is 13.1. The fourth-order valence-electron chi connectivity index (χ4n) is 4.04. The Hall–Kier alpha value is -3.15. The number of carbonyl (C=O) groups is 3. The fraction of sp³-hybridized carbons (Fsp3) is 0.423. The summed E-state index contributed by atoms with van der Waals surface area (Å²) in [5.41, 5.74) is 2.21. The standard InChI is InChI=1S/C26H33N3O3/c1-4-19(3)27-25(31)23(28-24(30)22-12-8-9-18(2)17-22)20-13-15-29(16-14-20)26(32)21-10-6-5-7-11-21/h5-12,17,19-20,23H,4,13-16H2,1-3H3,(H,27,31)(H,28,30)/t19-,23-/m1/s1. The molecule has 170 valence electrons. The Bertz CT molecular complexity index is 936. The molecule has 3 amide bonds. The lowest BCUT2D eigenvalue weighted by molar-refractivity contribution is -0.125. The normalized spacial score (nSPS) is 16.2. The van der Waals surface area contributed by atoms with E-state index in [1.165, 1.54) is 0 Å². The molecular weight excluding hydrogens is 402 g/mol. The van der Waals surface area contributed by atoms with Crippen molar-refractivity contribution in [3.05, 3.63) is 71.3 Å². The van der Waals surface area contributed by atoms with Crippen LogP contribution >= 0.6 is 0 Å². The summed E-state index contributed by atoms with van der Waals surface area (Å²) in [7, 11) is 0. The fourth-order valence-corrected chi connectivity index (χ4v) is 4.04. The summed E-state index contributed by atoms with van der Waals surface area (Å²) in [4.78, 5) is 40.6. The van der Waals surface area contributed by atoms with Crippen molar-refractivity contribution in [1.29, 1.82) is 0 Å². The second-order valence-electron chi connectivity index (χ2n) is 8.63. The Morgan fingerprint density at radius 1 is 0.969 bits per heavy atom. The van der Waals surface area contributed by atoms with Crippen LogP contribution in [0.4, 0.5) is 0 Å². The minimum atomic E-state index is -0.633. The van der Waals surface area contributed by atoms with Crippen molar-refractivity contribution >= 4 is 17.7 Å². The number of aryl methyl sites for hydroxylation is 1. The quantitative estimate of drug-likeness (QED) is 0.698. The molecule has 0 aliphatic carbocycles.